The molecule has 0 spiro atoms. The number of rotatable bonds is 4. The molecule has 3 rings (SSSR count). The SMILES string of the molecule is NC(=O)c1ccc(-c2csc(Nc3ccncc3)n2)cc1. The number of nitrogens with two attached hydrogens (primary N) is 1. The van der Waals surface area contributed by atoms with Crippen molar-refractivity contribution >= 4 is 28.1 Å². The van der Waals surface area contributed by atoms with Crippen molar-refractivity contribution in [3.8, 4) is 11.3 Å². The zero-order valence-electron chi connectivity index (χ0n) is 11.0. The summed E-state index contributed by atoms with van der Waals surface area (Å²) in [6.07, 6.45) is 3.44. The summed E-state index contributed by atoms with van der Waals surface area (Å²) in [7, 11) is 0. The molecule has 2 aromatic heterocycles. The fourth-order valence-electron chi connectivity index (χ4n) is 1.83. The maximum Gasteiger partial charge on any atom is 0.248 e. The molecule has 5 nitrogen and oxygen atoms in total. The molecule has 0 bridgehead atoms. The summed E-state index contributed by atoms with van der Waals surface area (Å²) in [6.45, 7) is 0. The molecule has 0 fully saturated rings. The summed E-state index contributed by atoms with van der Waals surface area (Å²) < 4.78 is 0. The minimum Gasteiger partial charge on any atom is -0.366 e. The number of benzene rings is 1. The normalized spacial score (nSPS) is 10.3. The topological polar surface area (TPSA) is 80.9 Å². The van der Waals surface area contributed by atoms with Crippen LogP contribution in [-0.2, 0) is 0 Å². The number of pyridine rings is 1. The van der Waals surface area contributed by atoms with Crippen molar-refractivity contribution in [2.75, 3.05) is 5.32 Å². The lowest BCUT2D eigenvalue weighted by Gasteiger charge is -2.01. The fraction of sp³-hybridized carbons (Fsp3) is 0. The van der Waals surface area contributed by atoms with Crippen molar-refractivity contribution in [3.05, 3.63) is 59.7 Å². The first-order chi connectivity index (χ1) is 10.2. The van der Waals surface area contributed by atoms with Gasteiger partial charge in [0.2, 0.25) is 5.91 Å². The molecule has 0 unspecified atom stereocenters. The third kappa shape index (κ3) is 3.06. The summed E-state index contributed by atoms with van der Waals surface area (Å²) in [6, 6.07) is 10.8. The number of carbonyl (C=O) groups is 1. The van der Waals surface area contributed by atoms with Gasteiger partial charge in [0.1, 0.15) is 0 Å². The molecule has 3 aromatic rings. The number of amides is 1. The highest BCUT2D eigenvalue weighted by Gasteiger charge is 2.06. The number of nitrogens with one attached hydrogen (secondary N) is 1. The van der Waals surface area contributed by atoms with Gasteiger partial charge in [0.25, 0.3) is 0 Å². The quantitative estimate of drug-likeness (QED) is 0.775. The Kier molecular flexibility index (Phi) is 3.61. The molecule has 6 heteroatoms. The summed E-state index contributed by atoms with van der Waals surface area (Å²) in [5.74, 6) is -0.431. The van der Waals surface area contributed by atoms with E-state index in [9.17, 15) is 4.79 Å². The number of carbonyl (C=O) groups excluding carboxylic acids is 1. The van der Waals surface area contributed by atoms with E-state index in [2.05, 4.69) is 15.3 Å². The van der Waals surface area contributed by atoms with Gasteiger partial charge in [0.05, 0.1) is 5.69 Å². The number of hydrogen-bond donors (Lipinski definition) is 2. The van der Waals surface area contributed by atoms with E-state index in [0.29, 0.717) is 5.56 Å². The maximum absolute atomic E-state index is 11.0. The molecule has 1 amide bonds. The first kappa shape index (κ1) is 13.3. The maximum atomic E-state index is 11.0. The average molecular weight is 296 g/mol. The van der Waals surface area contributed by atoms with E-state index < -0.39 is 5.91 Å². The van der Waals surface area contributed by atoms with Gasteiger partial charge in [-0.2, -0.15) is 0 Å². The molecule has 21 heavy (non-hydrogen) atoms. The Bertz CT molecular complexity index is 753. The molecule has 0 aliphatic heterocycles. The van der Waals surface area contributed by atoms with Crippen molar-refractivity contribution in [3.63, 3.8) is 0 Å². The van der Waals surface area contributed by atoms with E-state index in [0.717, 1.165) is 22.1 Å². The van der Waals surface area contributed by atoms with E-state index in [-0.39, 0.29) is 0 Å². The Balaban J connectivity index is 1.80. The Labute approximate surface area is 125 Å². The summed E-state index contributed by atoms with van der Waals surface area (Å²) >= 11 is 1.52. The Morgan fingerprint density at radius 2 is 1.81 bits per heavy atom. The van der Waals surface area contributed by atoms with E-state index in [1.165, 1.54) is 11.3 Å². The Hall–Kier alpha value is -2.73. The second-order valence-electron chi connectivity index (χ2n) is 4.34. The lowest BCUT2D eigenvalue weighted by Crippen LogP contribution is -2.10. The molecule has 0 aliphatic carbocycles. The smallest absolute Gasteiger partial charge is 0.248 e. The molecule has 3 N–H and O–H groups in total. The number of anilines is 2. The third-order valence-electron chi connectivity index (χ3n) is 2.90. The van der Waals surface area contributed by atoms with Gasteiger partial charge in [0.15, 0.2) is 5.13 Å². The highest BCUT2D eigenvalue weighted by molar-refractivity contribution is 7.14. The Morgan fingerprint density at radius 1 is 1.10 bits per heavy atom. The van der Waals surface area contributed by atoms with Crippen LogP contribution in [0.2, 0.25) is 0 Å². The van der Waals surface area contributed by atoms with Gasteiger partial charge in [0, 0.05) is 34.6 Å². The minimum absolute atomic E-state index is 0.431. The van der Waals surface area contributed by atoms with Gasteiger partial charge in [-0.05, 0) is 24.3 Å². The van der Waals surface area contributed by atoms with Crippen molar-refractivity contribution < 1.29 is 4.79 Å². The molecule has 0 saturated carbocycles. The summed E-state index contributed by atoms with van der Waals surface area (Å²) in [5, 5.41) is 5.98. The molecular formula is C15H12N4OS. The Morgan fingerprint density at radius 3 is 2.48 bits per heavy atom. The molecule has 1 aromatic carbocycles. The van der Waals surface area contributed by atoms with Crippen LogP contribution in [0, 0.1) is 0 Å². The zero-order chi connectivity index (χ0) is 14.7. The fourth-order valence-corrected chi connectivity index (χ4v) is 2.57. The van der Waals surface area contributed by atoms with Crippen LogP contribution in [0.1, 0.15) is 10.4 Å². The van der Waals surface area contributed by atoms with Crippen molar-refractivity contribution in [2.24, 2.45) is 5.73 Å². The monoisotopic (exact) mass is 296 g/mol. The lowest BCUT2D eigenvalue weighted by atomic mass is 10.1. The van der Waals surface area contributed by atoms with Gasteiger partial charge < -0.3 is 11.1 Å². The van der Waals surface area contributed by atoms with E-state index in [4.69, 9.17) is 5.73 Å². The second kappa shape index (κ2) is 5.72. The van der Waals surface area contributed by atoms with Crippen LogP contribution in [0.25, 0.3) is 11.3 Å². The highest BCUT2D eigenvalue weighted by atomic mass is 32.1. The van der Waals surface area contributed by atoms with Crippen LogP contribution in [0.15, 0.2) is 54.2 Å². The van der Waals surface area contributed by atoms with Gasteiger partial charge in [-0.3, -0.25) is 9.78 Å². The largest absolute Gasteiger partial charge is 0.366 e. The van der Waals surface area contributed by atoms with Crippen molar-refractivity contribution in [1.82, 2.24) is 9.97 Å². The molecule has 0 aliphatic rings. The second-order valence-corrected chi connectivity index (χ2v) is 5.20. The first-order valence-corrected chi connectivity index (χ1v) is 7.13. The molecule has 0 saturated heterocycles. The third-order valence-corrected chi connectivity index (χ3v) is 3.66. The molecule has 0 radical (unpaired) electrons. The van der Waals surface area contributed by atoms with E-state index in [1.807, 2.05) is 29.6 Å². The van der Waals surface area contributed by atoms with Crippen molar-refractivity contribution in [1.29, 1.82) is 0 Å². The van der Waals surface area contributed by atoms with Crippen LogP contribution in [-0.4, -0.2) is 15.9 Å². The van der Waals surface area contributed by atoms with Crippen LogP contribution in [0.4, 0.5) is 10.8 Å². The predicted octanol–water partition coefficient (Wildman–Crippen LogP) is 3.05. The van der Waals surface area contributed by atoms with Crippen LogP contribution >= 0.6 is 11.3 Å². The molecular weight excluding hydrogens is 284 g/mol. The van der Waals surface area contributed by atoms with Gasteiger partial charge in [-0.1, -0.05) is 12.1 Å². The average Bonchev–Trinajstić information content (AvgIpc) is 2.97. The van der Waals surface area contributed by atoms with E-state index >= 15 is 0 Å². The number of primary amides is 1. The molecule has 2 heterocycles. The predicted molar refractivity (Wildman–Crippen MR) is 83.6 cm³/mol. The van der Waals surface area contributed by atoms with Crippen LogP contribution in [0.3, 0.4) is 0 Å². The van der Waals surface area contributed by atoms with Gasteiger partial charge >= 0.3 is 0 Å². The van der Waals surface area contributed by atoms with Gasteiger partial charge in [-0.15, -0.1) is 11.3 Å². The summed E-state index contributed by atoms with van der Waals surface area (Å²) in [4.78, 5) is 19.5. The number of thiazole rings is 1. The molecule has 0 atom stereocenters. The zero-order valence-corrected chi connectivity index (χ0v) is 11.8. The number of aromatic nitrogens is 2. The van der Waals surface area contributed by atoms with Crippen LogP contribution < -0.4 is 11.1 Å². The lowest BCUT2D eigenvalue weighted by molar-refractivity contribution is 0.100. The summed E-state index contributed by atoms with van der Waals surface area (Å²) in [5.41, 5.74) is 8.45. The van der Waals surface area contributed by atoms with E-state index in [1.54, 1.807) is 24.5 Å². The highest BCUT2D eigenvalue weighted by Crippen LogP contribution is 2.27. The number of nitrogens with zero attached hydrogens (tertiary/aromatic N) is 2. The minimum atomic E-state index is -0.431. The number of hydrogen-bond acceptors (Lipinski definition) is 5. The van der Waals surface area contributed by atoms with Crippen molar-refractivity contribution in [2.45, 2.75) is 0 Å². The van der Waals surface area contributed by atoms with Gasteiger partial charge in [-0.25, -0.2) is 4.98 Å². The molecule has 104 valence electrons. The first-order valence-electron chi connectivity index (χ1n) is 6.25. The standard InChI is InChI=1S/C15H12N4OS/c16-14(20)11-3-1-10(2-4-11)13-9-21-15(19-13)18-12-5-7-17-8-6-12/h1-9H,(H2,16,20)(H,17,18,19). The van der Waals surface area contributed by atoms with Crippen LogP contribution in [0.5, 0.6) is 0 Å².